The lowest BCUT2D eigenvalue weighted by atomic mass is 10.1. The van der Waals surface area contributed by atoms with Crippen molar-refractivity contribution in [2.45, 2.75) is 0 Å². The van der Waals surface area contributed by atoms with Gasteiger partial charge in [0.15, 0.2) is 0 Å². The zero-order valence-corrected chi connectivity index (χ0v) is 15.2. The van der Waals surface area contributed by atoms with Gasteiger partial charge in [-0.15, -0.1) is 0 Å². The van der Waals surface area contributed by atoms with Crippen molar-refractivity contribution in [1.29, 1.82) is 0 Å². The topological polar surface area (TPSA) is 44.8 Å². The van der Waals surface area contributed by atoms with Gasteiger partial charge in [0.1, 0.15) is 17.2 Å². The summed E-state index contributed by atoms with van der Waals surface area (Å²) in [6.45, 7) is 0. The van der Waals surface area contributed by atoms with E-state index < -0.39 is 18.1 Å². The lowest BCUT2D eigenvalue weighted by molar-refractivity contribution is 0.0734. The monoisotopic (exact) mass is 400 g/mol. The Morgan fingerprint density at radius 2 is 1.10 bits per heavy atom. The van der Waals surface area contributed by atoms with Gasteiger partial charge in [-0.3, -0.25) is 0 Å². The van der Waals surface area contributed by atoms with Crippen molar-refractivity contribution in [2.75, 3.05) is 7.11 Å². The second-order valence-corrected chi connectivity index (χ2v) is 5.80. The predicted octanol–water partition coefficient (Wildman–Crippen LogP) is 6.00. The summed E-state index contributed by atoms with van der Waals surface area (Å²) in [5.74, 6) is 0.266. The highest BCUT2D eigenvalue weighted by Crippen LogP contribution is 2.25. The number of halogens is 3. The fourth-order valence-corrected chi connectivity index (χ4v) is 2.47. The van der Waals surface area contributed by atoms with Gasteiger partial charge < -0.3 is 14.2 Å². The maximum Gasteiger partial charge on any atom is 0.344 e. The first-order valence-corrected chi connectivity index (χ1v) is 8.41. The van der Waals surface area contributed by atoms with Gasteiger partial charge in [-0.25, -0.2) is 4.79 Å². The van der Waals surface area contributed by atoms with E-state index in [9.17, 15) is 18.0 Å². The van der Waals surface area contributed by atoms with Crippen molar-refractivity contribution >= 4 is 5.97 Å². The third-order valence-electron chi connectivity index (χ3n) is 3.93. The summed E-state index contributed by atoms with van der Waals surface area (Å²) in [4.78, 5) is 12.2. The van der Waals surface area contributed by atoms with Crippen LogP contribution in [0, 0.1) is 0 Å². The molecule has 0 aromatic heterocycles. The van der Waals surface area contributed by atoms with E-state index in [1.807, 2.05) is 36.4 Å². The van der Waals surface area contributed by atoms with Crippen molar-refractivity contribution in [2.24, 2.45) is 0 Å². The molecule has 3 rings (SSSR count). The number of methoxy groups -OCH3 is 1. The number of hydrogen-bond acceptors (Lipinski definition) is 4. The van der Waals surface area contributed by atoms with E-state index in [1.165, 1.54) is 24.3 Å². The molecule has 0 N–H and O–H groups in total. The summed E-state index contributed by atoms with van der Waals surface area (Å²) in [5.41, 5.74) is 2.07. The number of carbonyl (C=O) groups excluding carboxylic acids is 1. The summed E-state index contributed by atoms with van der Waals surface area (Å²) in [6.07, 6.45) is -2.56. The smallest absolute Gasteiger partial charge is 0.344 e. The van der Waals surface area contributed by atoms with Gasteiger partial charge in [-0.1, -0.05) is 24.3 Å². The van der Waals surface area contributed by atoms with Crippen LogP contribution in [0.4, 0.5) is 13.2 Å². The zero-order valence-electron chi connectivity index (χ0n) is 15.2. The molecule has 0 atom stereocenters. The first kappa shape index (κ1) is 20.0. The molecule has 0 spiro atoms. The Bertz CT molecular complexity index is 1010. The highest BCUT2D eigenvalue weighted by atomic mass is 19.3. The van der Waals surface area contributed by atoms with E-state index in [4.69, 9.17) is 9.47 Å². The molecule has 7 heteroatoms. The molecule has 4 nitrogen and oxygen atoms in total. The molecular formula is C22H15F3O4. The summed E-state index contributed by atoms with van der Waals surface area (Å²) in [6, 6.07) is 17.4. The van der Waals surface area contributed by atoms with Crippen LogP contribution in [-0.4, -0.2) is 13.1 Å². The van der Waals surface area contributed by atoms with Crippen molar-refractivity contribution < 1.29 is 32.2 Å². The van der Waals surface area contributed by atoms with Crippen LogP contribution >= 0.6 is 0 Å². The van der Waals surface area contributed by atoms with Crippen molar-refractivity contribution in [3.8, 4) is 28.4 Å². The predicted molar refractivity (Wildman–Crippen MR) is 101 cm³/mol. The molecule has 0 aliphatic rings. The quantitative estimate of drug-likeness (QED) is 0.289. The SMILES string of the molecule is COc1ccc(-c2ccc(OC(=O)c3ccc(OC(F)=C(F)F)cc3)cc2)cc1. The molecule has 0 bridgehead atoms. The van der Waals surface area contributed by atoms with E-state index in [2.05, 4.69) is 4.74 Å². The van der Waals surface area contributed by atoms with E-state index in [0.717, 1.165) is 16.9 Å². The number of esters is 1. The highest BCUT2D eigenvalue weighted by molar-refractivity contribution is 5.91. The molecular weight excluding hydrogens is 385 g/mol. The zero-order chi connectivity index (χ0) is 20.8. The van der Waals surface area contributed by atoms with Crippen LogP contribution < -0.4 is 14.2 Å². The third kappa shape index (κ3) is 5.16. The lowest BCUT2D eigenvalue weighted by Crippen LogP contribution is -2.08. The standard InChI is InChI=1S/C22H15F3O4/c1-27-17-8-2-14(3-9-17)15-4-10-19(11-5-15)29-22(26)16-6-12-18(13-7-16)28-21(25)20(23)24/h2-13H,1H3. The largest absolute Gasteiger partial charge is 0.497 e. The summed E-state index contributed by atoms with van der Waals surface area (Å²) >= 11 is 0. The molecule has 0 radical (unpaired) electrons. The van der Waals surface area contributed by atoms with Gasteiger partial charge in [0.2, 0.25) is 0 Å². The van der Waals surface area contributed by atoms with E-state index in [-0.39, 0.29) is 11.3 Å². The summed E-state index contributed by atoms with van der Waals surface area (Å²) in [5, 5.41) is 0. The van der Waals surface area contributed by atoms with Crippen LogP contribution in [-0.2, 0) is 0 Å². The Labute approximate surface area is 164 Å². The second-order valence-electron chi connectivity index (χ2n) is 5.80. The van der Waals surface area contributed by atoms with Gasteiger partial charge in [-0.05, 0) is 59.7 Å². The maximum absolute atomic E-state index is 12.8. The van der Waals surface area contributed by atoms with Crippen LogP contribution in [0.15, 0.2) is 84.9 Å². The molecule has 0 aliphatic heterocycles. The molecule has 0 saturated carbocycles. The van der Waals surface area contributed by atoms with E-state index in [0.29, 0.717) is 5.75 Å². The van der Waals surface area contributed by atoms with Gasteiger partial charge in [-0.2, -0.15) is 13.2 Å². The lowest BCUT2D eigenvalue weighted by Gasteiger charge is -2.07. The Kier molecular flexibility index (Phi) is 6.19. The minimum atomic E-state index is -2.56. The maximum atomic E-state index is 12.8. The van der Waals surface area contributed by atoms with Crippen LogP contribution in [0.3, 0.4) is 0 Å². The average molecular weight is 400 g/mol. The van der Waals surface area contributed by atoms with Gasteiger partial charge in [0.05, 0.1) is 12.7 Å². The third-order valence-corrected chi connectivity index (χ3v) is 3.93. The molecule has 0 saturated heterocycles. The highest BCUT2D eigenvalue weighted by Gasteiger charge is 2.11. The number of ether oxygens (including phenoxy) is 3. The first-order chi connectivity index (χ1) is 14.0. The molecule has 3 aromatic rings. The fraction of sp³-hybridized carbons (Fsp3) is 0.0455. The van der Waals surface area contributed by atoms with Crippen molar-refractivity contribution in [3.63, 3.8) is 0 Å². The number of rotatable bonds is 6. The van der Waals surface area contributed by atoms with Crippen LogP contribution in [0.2, 0.25) is 0 Å². The second kappa shape index (κ2) is 8.97. The Morgan fingerprint density at radius 3 is 1.59 bits per heavy atom. The van der Waals surface area contributed by atoms with Gasteiger partial charge in [0.25, 0.3) is 0 Å². The Morgan fingerprint density at radius 1 is 0.655 bits per heavy atom. The van der Waals surface area contributed by atoms with Crippen molar-refractivity contribution in [1.82, 2.24) is 0 Å². The number of hydrogen-bond donors (Lipinski definition) is 0. The molecule has 0 unspecified atom stereocenters. The molecule has 0 fully saturated rings. The molecule has 148 valence electrons. The van der Waals surface area contributed by atoms with Crippen LogP contribution in [0.1, 0.15) is 10.4 Å². The van der Waals surface area contributed by atoms with Crippen molar-refractivity contribution in [3.05, 3.63) is 90.5 Å². The molecule has 29 heavy (non-hydrogen) atoms. The molecule has 3 aromatic carbocycles. The average Bonchev–Trinajstić information content (AvgIpc) is 2.74. The summed E-state index contributed by atoms with van der Waals surface area (Å²) in [7, 11) is 1.60. The first-order valence-electron chi connectivity index (χ1n) is 8.41. The Balaban J connectivity index is 1.65. The fourth-order valence-electron chi connectivity index (χ4n) is 2.47. The van der Waals surface area contributed by atoms with Crippen LogP contribution in [0.25, 0.3) is 11.1 Å². The minimum absolute atomic E-state index is 0.154. The Hall–Kier alpha value is -3.74. The molecule has 0 amide bonds. The molecule has 0 aliphatic carbocycles. The number of carbonyl (C=O) groups is 1. The number of benzene rings is 3. The van der Waals surface area contributed by atoms with Crippen LogP contribution in [0.5, 0.6) is 17.2 Å². The summed E-state index contributed by atoms with van der Waals surface area (Å²) < 4.78 is 51.5. The van der Waals surface area contributed by atoms with Gasteiger partial charge in [0, 0.05) is 0 Å². The van der Waals surface area contributed by atoms with Gasteiger partial charge >= 0.3 is 18.1 Å². The van der Waals surface area contributed by atoms with E-state index in [1.54, 1.807) is 19.2 Å². The normalized spacial score (nSPS) is 10.2. The van der Waals surface area contributed by atoms with E-state index >= 15 is 0 Å². The molecule has 0 heterocycles. The minimum Gasteiger partial charge on any atom is -0.497 e.